The van der Waals surface area contributed by atoms with E-state index >= 15 is 0 Å². The van der Waals surface area contributed by atoms with Crippen molar-refractivity contribution >= 4 is 21.8 Å². The maximum Gasteiger partial charge on any atom is 0.259 e. The highest BCUT2D eigenvalue weighted by atomic mass is 32.2. The molecule has 2 aliphatic heterocycles. The Labute approximate surface area is 135 Å². The van der Waals surface area contributed by atoms with Gasteiger partial charge in [0.05, 0.1) is 17.4 Å². The zero-order valence-corrected chi connectivity index (χ0v) is 13.7. The number of nitrogens with zero attached hydrogens (tertiary/aromatic N) is 2. The average Bonchev–Trinajstić information content (AvgIpc) is 2.91. The second-order valence-electron chi connectivity index (χ2n) is 5.81. The Balaban J connectivity index is 1.82. The van der Waals surface area contributed by atoms with Crippen LogP contribution in [-0.2, 0) is 20.6 Å². The molecule has 2 aliphatic rings. The van der Waals surface area contributed by atoms with Crippen molar-refractivity contribution in [3.63, 3.8) is 0 Å². The van der Waals surface area contributed by atoms with E-state index in [2.05, 4.69) is 4.40 Å². The summed E-state index contributed by atoms with van der Waals surface area (Å²) in [6.07, 6.45) is 1.86. The fourth-order valence-electron chi connectivity index (χ4n) is 3.14. The Morgan fingerprint density at radius 1 is 1.48 bits per heavy atom. The van der Waals surface area contributed by atoms with Gasteiger partial charge in [0.2, 0.25) is 5.91 Å². The first-order chi connectivity index (χ1) is 10.9. The fourth-order valence-corrected chi connectivity index (χ4v) is 4.23. The lowest BCUT2D eigenvalue weighted by Crippen LogP contribution is -2.37. The van der Waals surface area contributed by atoms with Gasteiger partial charge in [-0.1, -0.05) is 12.1 Å². The molecule has 2 N–H and O–H groups in total. The van der Waals surface area contributed by atoms with Gasteiger partial charge in [0, 0.05) is 13.5 Å². The van der Waals surface area contributed by atoms with E-state index in [9.17, 15) is 13.2 Å². The quantitative estimate of drug-likeness (QED) is 0.871. The molecule has 3 rings (SSSR count). The molecule has 124 valence electrons. The van der Waals surface area contributed by atoms with Gasteiger partial charge in [-0.05, 0) is 24.5 Å². The van der Waals surface area contributed by atoms with Crippen molar-refractivity contribution in [1.82, 2.24) is 4.90 Å². The third-order valence-corrected chi connectivity index (χ3v) is 5.31. The fraction of sp³-hybridized carbons (Fsp3) is 0.467. The van der Waals surface area contributed by atoms with Crippen molar-refractivity contribution in [2.45, 2.75) is 31.6 Å². The van der Waals surface area contributed by atoms with Crippen LogP contribution in [0, 0.1) is 0 Å². The van der Waals surface area contributed by atoms with Gasteiger partial charge in [0.1, 0.15) is 18.2 Å². The number of nitrogens with two attached hydrogens (primary N) is 1. The van der Waals surface area contributed by atoms with E-state index in [0.29, 0.717) is 23.5 Å². The lowest BCUT2D eigenvalue weighted by atomic mass is 10.1. The van der Waals surface area contributed by atoms with Gasteiger partial charge in [0.15, 0.2) is 0 Å². The summed E-state index contributed by atoms with van der Waals surface area (Å²) < 4.78 is 32.8. The number of benzene rings is 1. The van der Waals surface area contributed by atoms with Crippen LogP contribution in [0.3, 0.4) is 0 Å². The van der Waals surface area contributed by atoms with E-state index in [1.807, 2.05) is 0 Å². The number of hydrogen-bond acceptors (Lipinski definition) is 5. The molecule has 0 bridgehead atoms. The molecule has 1 atom stereocenters. The van der Waals surface area contributed by atoms with Crippen molar-refractivity contribution in [2.75, 3.05) is 13.2 Å². The summed E-state index contributed by atoms with van der Waals surface area (Å²) in [5.41, 5.74) is 6.93. The molecule has 0 radical (unpaired) electrons. The number of ether oxygens (including phenoxy) is 1. The number of carbonyl (C=O) groups is 1. The monoisotopic (exact) mass is 337 g/mol. The predicted octanol–water partition coefficient (Wildman–Crippen LogP) is 0.625. The summed E-state index contributed by atoms with van der Waals surface area (Å²) in [7, 11) is -3.56. The molecule has 0 aliphatic carbocycles. The molecule has 0 unspecified atom stereocenters. The van der Waals surface area contributed by atoms with Gasteiger partial charge >= 0.3 is 0 Å². The maximum atomic E-state index is 11.7. The molecule has 8 heteroatoms. The Morgan fingerprint density at radius 3 is 3.00 bits per heavy atom. The first kappa shape index (κ1) is 15.8. The lowest BCUT2D eigenvalue weighted by molar-refractivity contribution is -0.130. The van der Waals surface area contributed by atoms with Crippen LogP contribution in [0.5, 0.6) is 5.75 Å². The summed E-state index contributed by atoms with van der Waals surface area (Å²) in [5, 5.41) is 0. The molecular weight excluding hydrogens is 318 g/mol. The third kappa shape index (κ3) is 3.17. The molecule has 1 saturated heterocycles. The van der Waals surface area contributed by atoms with Crippen molar-refractivity contribution in [3.05, 3.63) is 29.3 Å². The minimum Gasteiger partial charge on any atom is -0.491 e. The molecular formula is C15H19N3O4S. The van der Waals surface area contributed by atoms with Crippen LogP contribution < -0.4 is 10.5 Å². The van der Waals surface area contributed by atoms with E-state index in [0.717, 1.165) is 19.4 Å². The second kappa shape index (κ2) is 5.84. The lowest BCUT2D eigenvalue weighted by Gasteiger charge is -2.24. The number of hydrogen-bond donors (Lipinski definition) is 1. The minimum absolute atomic E-state index is 0.0360. The van der Waals surface area contributed by atoms with Crippen LogP contribution in [0.25, 0.3) is 0 Å². The van der Waals surface area contributed by atoms with Gasteiger partial charge in [-0.3, -0.25) is 4.79 Å². The number of fused-ring (bicyclic) bond motifs is 1. The number of rotatable bonds is 3. The van der Waals surface area contributed by atoms with E-state index in [1.54, 1.807) is 30.0 Å². The molecule has 1 amide bonds. The van der Waals surface area contributed by atoms with E-state index in [1.165, 1.54) is 0 Å². The molecule has 0 aromatic heterocycles. The van der Waals surface area contributed by atoms with Crippen LogP contribution in [0.4, 0.5) is 0 Å². The summed E-state index contributed by atoms with van der Waals surface area (Å²) in [6, 6.07) is 5.22. The standard InChI is InChI=1S/C15H19N3O4S/c1-10(19)18-7-3-5-12(18)8-22-13-6-2-4-11-9-23(20,21)17-15(16)14(11)13/h2,4,6,12H,3,5,7-9H2,1H3,(H2,16,17)/t12-/m0/s1. The minimum atomic E-state index is -3.56. The van der Waals surface area contributed by atoms with E-state index in [4.69, 9.17) is 10.5 Å². The largest absolute Gasteiger partial charge is 0.491 e. The van der Waals surface area contributed by atoms with Crippen molar-refractivity contribution in [1.29, 1.82) is 0 Å². The molecule has 1 aromatic carbocycles. The van der Waals surface area contributed by atoms with Gasteiger partial charge in [0.25, 0.3) is 10.0 Å². The normalized spacial score (nSPS) is 22.4. The third-order valence-electron chi connectivity index (χ3n) is 4.16. The van der Waals surface area contributed by atoms with Gasteiger partial charge in [-0.2, -0.15) is 0 Å². The van der Waals surface area contributed by atoms with Crippen LogP contribution in [0.1, 0.15) is 30.9 Å². The Morgan fingerprint density at radius 2 is 2.26 bits per heavy atom. The van der Waals surface area contributed by atoms with Gasteiger partial charge in [-0.15, -0.1) is 4.40 Å². The van der Waals surface area contributed by atoms with E-state index < -0.39 is 10.0 Å². The second-order valence-corrected chi connectivity index (χ2v) is 7.45. The van der Waals surface area contributed by atoms with Crippen LogP contribution in [0.2, 0.25) is 0 Å². The number of sulfonamides is 1. The summed E-state index contributed by atoms with van der Waals surface area (Å²) in [4.78, 5) is 13.4. The molecule has 7 nitrogen and oxygen atoms in total. The van der Waals surface area contributed by atoms with Crippen molar-refractivity contribution < 1.29 is 17.9 Å². The molecule has 0 saturated carbocycles. The molecule has 23 heavy (non-hydrogen) atoms. The first-order valence-electron chi connectivity index (χ1n) is 7.48. The number of amides is 1. The number of carbonyl (C=O) groups excluding carboxylic acids is 1. The summed E-state index contributed by atoms with van der Waals surface area (Å²) in [5.74, 6) is 0.326. The highest BCUT2D eigenvalue weighted by molar-refractivity contribution is 7.89. The summed E-state index contributed by atoms with van der Waals surface area (Å²) in [6.45, 7) is 2.66. The highest BCUT2D eigenvalue weighted by Crippen LogP contribution is 2.29. The predicted molar refractivity (Wildman–Crippen MR) is 85.7 cm³/mol. The van der Waals surface area contributed by atoms with E-state index in [-0.39, 0.29) is 23.5 Å². The summed E-state index contributed by atoms with van der Waals surface area (Å²) >= 11 is 0. The first-order valence-corrected chi connectivity index (χ1v) is 9.09. The Kier molecular flexibility index (Phi) is 4.01. The Hall–Kier alpha value is -2.09. The smallest absolute Gasteiger partial charge is 0.259 e. The zero-order valence-electron chi connectivity index (χ0n) is 12.9. The molecule has 0 spiro atoms. The topological polar surface area (TPSA) is 102 Å². The SMILES string of the molecule is CC(=O)N1CCC[C@H]1COc1cccc2c1C(N)=NS(=O)(=O)C2. The van der Waals surface area contributed by atoms with Gasteiger partial charge < -0.3 is 15.4 Å². The number of likely N-dealkylation sites (tertiary alicyclic amines) is 1. The molecule has 1 fully saturated rings. The average molecular weight is 337 g/mol. The van der Waals surface area contributed by atoms with Crippen LogP contribution >= 0.6 is 0 Å². The van der Waals surface area contributed by atoms with Crippen molar-refractivity contribution in [3.8, 4) is 5.75 Å². The Bertz CT molecular complexity index is 773. The number of amidine groups is 1. The zero-order chi connectivity index (χ0) is 16.6. The van der Waals surface area contributed by atoms with Crippen molar-refractivity contribution in [2.24, 2.45) is 10.1 Å². The van der Waals surface area contributed by atoms with Crippen LogP contribution in [-0.4, -0.2) is 44.3 Å². The maximum absolute atomic E-state index is 11.7. The molecule has 1 aromatic rings. The highest BCUT2D eigenvalue weighted by Gasteiger charge is 2.29. The molecule has 2 heterocycles. The van der Waals surface area contributed by atoms with Crippen LogP contribution in [0.15, 0.2) is 22.6 Å². The van der Waals surface area contributed by atoms with Gasteiger partial charge in [-0.25, -0.2) is 8.42 Å².